The Hall–Kier alpha value is -0.0400. The van der Waals surface area contributed by atoms with Crippen molar-refractivity contribution in [3.05, 3.63) is 7.05 Å². The van der Waals surface area contributed by atoms with E-state index in [4.69, 9.17) is 0 Å². The molecule has 0 unspecified atom stereocenters. The maximum Gasteiger partial charge on any atom is -0.0198 e. The second-order valence-electron chi connectivity index (χ2n) is 2.45. The largest absolute Gasteiger partial charge is 0.454 e. The van der Waals surface area contributed by atoms with Crippen LogP contribution in [0.4, 0.5) is 0 Å². The SMILES string of the molecule is [CH2-]N1[C@@H](C)C[C@@H]1C. The van der Waals surface area contributed by atoms with Gasteiger partial charge in [-0.3, -0.25) is 7.05 Å². The molecule has 7 heavy (non-hydrogen) atoms. The molecule has 1 rings (SSSR count). The van der Waals surface area contributed by atoms with Crippen LogP contribution in [0, 0.1) is 7.05 Å². The molecule has 0 aromatic heterocycles. The highest BCUT2D eigenvalue weighted by atomic mass is 15.2. The molecule has 1 heterocycles. The fraction of sp³-hybridized carbons (Fsp3) is 0.833. The molecule has 1 nitrogen and oxygen atoms in total. The van der Waals surface area contributed by atoms with Gasteiger partial charge in [0.25, 0.3) is 0 Å². The van der Waals surface area contributed by atoms with Crippen LogP contribution < -0.4 is 0 Å². The fourth-order valence-electron chi connectivity index (χ4n) is 1.06. The first-order valence-corrected chi connectivity index (χ1v) is 2.80. The highest BCUT2D eigenvalue weighted by Gasteiger charge is 2.21. The van der Waals surface area contributed by atoms with Crippen molar-refractivity contribution in [3.63, 3.8) is 0 Å². The summed E-state index contributed by atoms with van der Waals surface area (Å²) in [7, 11) is 3.84. The predicted octanol–water partition coefficient (Wildman–Crippen LogP) is 1.26. The molecule has 1 fully saturated rings. The summed E-state index contributed by atoms with van der Waals surface area (Å²) >= 11 is 0. The summed E-state index contributed by atoms with van der Waals surface area (Å²) in [5.41, 5.74) is 0. The van der Waals surface area contributed by atoms with Crippen LogP contribution in [0.2, 0.25) is 0 Å². The van der Waals surface area contributed by atoms with Crippen LogP contribution in [-0.2, 0) is 0 Å². The first-order chi connectivity index (χ1) is 3.22. The third-order valence-corrected chi connectivity index (χ3v) is 1.81. The zero-order valence-corrected chi connectivity index (χ0v) is 5.02. The van der Waals surface area contributed by atoms with Crippen LogP contribution in [-0.4, -0.2) is 17.0 Å². The molecule has 0 aromatic rings. The Morgan fingerprint density at radius 1 is 1.43 bits per heavy atom. The zero-order valence-electron chi connectivity index (χ0n) is 5.02. The van der Waals surface area contributed by atoms with E-state index < -0.39 is 0 Å². The van der Waals surface area contributed by atoms with E-state index >= 15 is 0 Å². The van der Waals surface area contributed by atoms with E-state index in [1.807, 2.05) is 0 Å². The fourth-order valence-corrected chi connectivity index (χ4v) is 1.06. The number of rotatable bonds is 0. The molecule has 0 saturated carbocycles. The highest BCUT2D eigenvalue weighted by Crippen LogP contribution is 2.22. The van der Waals surface area contributed by atoms with E-state index in [2.05, 4.69) is 25.8 Å². The van der Waals surface area contributed by atoms with E-state index in [0.29, 0.717) is 0 Å². The molecule has 0 aromatic carbocycles. The maximum absolute atomic E-state index is 3.84. The third kappa shape index (κ3) is 0.653. The van der Waals surface area contributed by atoms with Gasteiger partial charge in [0.2, 0.25) is 0 Å². The summed E-state index contributed by atoms with van der Waals surface area (Å²) in [6.45, 7) is 4.40. The molecule has 0 aliphatic carbocycles. The van der Waals surface area contributed by atoms with E-state index in [0.717, 1.165) is 12.1 Å². The molecule has 42 valence electrons. The molecule has 0 radical (unpaired) electrons. The Labute approximate surface area is 45.3 Å². The molecule has 1 saturated heterocycles. The van der Waals surface area contributed by atoms with Crippen LogP contribution in [0.25, 0.3) is 0 Å². The monoisotopic (exact) mass is 98.1 g/mol. The summed E-state index contributed by atoms with van der Waals surface area (Å²) in [6.07, 6.45) is 1.32. The molecule has 0 spiro atoms. The van der Waals surface area contributed by atoms with Gasteiger partial charge in [-0.05, 0) is 18.5 Å². The third-order valence-electron chi connectivity index (χ3n) is 1.81. The van der Waals surface area contributed by atoms with Crippen LogP contribution in [0.5, 0.6) is 0 Å². The lowest BCUT2D eigenvalue weighted by Crippen LogP contribution is -2.48. The lowest BCUT2D eigenvalue weighted by atomic mass is 9.98. The van der Waals surface area contributed by atoms with E-state index in [1.54, 1.807) is 0 Å². The van der Waals surface area contributed by atoms with Crippen LogP contribution >= 0.6 is 0 Å². The van der Waals surface area contributed by atoms with Gasteiger partial charge in [-0.25, -0.2) is 0 Å². The average Bonchev–Trinajstić information content (AvgIpc) is 1.68. The van der Waals surface area contributed by atoms with Gasteiger partial charge in [-0.1, -0.05) is 13.8 Å². The number of hydrogen-bond donors (Lipinski definition) is 0. The standard InChI is InChI=1S/C6H12N/c1-5-4-6(2)7(5)3/h5-6H,3-4H2,1-2H3/q-1/t5-,6-/m0/s1. The van der Waals surface area contributed by atoms with E-state index in [-0.39, 0.29) is 0 Å². The minimum Gasteiger partial charge on any atom is -0.454 e. The Bertz CT molecular complexity index is 62.6. The summed E-state index contributed by atoms with van der Waals surface area (Å²) in [4.78, 5) is 2.14. The Morgan fingerprint density at radius 2 is 1.86 bits per heavy atom. The van der Waals surface area contributed by atoms with Crippen LogP contribution in [0.3, 0.4) is 0 Å². The van der Waals surface area contributed by atoms with E-state index in [9.17, 15) is 0 Å². The molecule has 0 bridgehead atoms. The average molecular weight is 98.2 g/mol. The molecular weight excluding hydrogens is 86.1 g/mol. The van der Waals surface area contributed by atoms with Crippen molar-refractivity contribution in [1.82, 2.24) is 4.90 Å². The smallest absolute Gasteiger partial charge is 0.0198 e. The van der Waals surface area contributed by atoms with Crippen molar-refractivity contribution in [3.8, 4) is 0 Å². The normalized spacial score (nSPS) is 43.3. The molecule has 0 amide bonds. The Kier molecular flexibility index (Phi) is 1.08. The van der Waals surface area contributed by atoms with Crippen LogP contribution in [0.1, 0.15) is 20.3 Å². The van der Waals surface area contributed by atoms with Gasteiger partial charge in [-0.15, -0.1) is 0 Å². The lowest BCUT2D eigenvalue weighted by molar-refractivity contribution is 0.0917. The van der Waals surface area contributed by atoms with Gasteiger partial charge in [0.05, 0.1) is 0 Å². The lowest BCUT2D eigenvalue weighted by Gasteiger charge is -2.49. The minimum absolute atomic E-state index is 0.731. The first-order valence-electron chi connectivity index (χ1n) is 2.80. The quantitative estimate of drug-likeness (QED) is 0.412. The van der Waals surface area contributed by atoms with Crippen molar-refractivity contribution in [1.29, 1.82) is 0 Å². The van der Waals surface area contributed by atoms with Crippen molar-refractivity contribution >= 4 is 0 Å². The predicted molar refractivity (Wildman–Crippen MR) is 30.7 cm³/mol. The van der Waals surface area contributed by atoms with Gasteiger partial charge in [0.15, 0.2) is 0 Å². The van der Waals surface area contributed by atoms with Crippen molar-refractivity contribution in [2.75, 3.05) is 0 Å². The Balaban J connectivity index is 2.29. The number of nitrogens with zero attached hydrogens (tertiary/aromatic N) is 1. The highest BCUT2D eigenvalue weighted by molar-refractivity contribution is 4.85. The summed E-state index contributed by atoms with van der Waals surface area (Å²) < 4.78 is 0. The second-order valence-corrected chi connectivity index (χ2v) is 2.45. The second kappa shape index (κ2) is 1.48. The summed E-state index contributed by atoms with van der Waals surface area (Å²) in [5.74, 6) is 0. The summed E-state index contributed by atoms with van der Waals surface area (Å²) in [6, 6.07) is 1.46. The molecule has 1 aliphatic rings. The molecular formula is C6H12N-. The first kappa shape index (κ1) is 5.10. The number of hydrogen-bond acceptors (Lipinski definition) is 1. The van der Waals surface area contributed by atoms with Gasteiger partial charge >= 0.3 is 0 Å². The Morgan fingerprint density at radius 3 is 1.86 bits per heavy atom. The van der Waals surface area contributed by atoms with Gasteiger partial charge in [-0.2, -0.15) is 0 Å². The summed E-state index contributed by atoms with van der Waals surface area (Å²) in [5, 5.41) is 0. The molecule has 1 aliphatic heterocycles. The van der Waals surface area contributed by atoms with Gasteiger partial charge in [0.1, 0.15) is 0 Å². The van der Waals surface area contributed by atoms with E-state index in [1.165, 1.54) is 6.42 Å². The van der Waals surface area contributed by atoms with Gasteiger partial charge in [0, 0.05) is 0 Å². The number of likely N-dealkylation sites (tertiary alicyclic amines) is 1. The zero-order chi connectivity index (χ0) is 5.44. The molecule has 2 atom stereocenters. The van der Waals surface area contributed by atoms with Crippen molar-refractivity contribution < 1.29 is 0 Å². The van der Waals surface area contributed by atoms with Crippen molar-refractivity contribution in [2.45, 2.75) is 32.4 Å². The van der Waals surface area contributed by atoms with Crippen LogP contribution in [0.15, 0.2) is 0 Å². The molecule has 1 heteroatoms. The van der Waals surface area contributed by atoms with Crippen molar-refractivity contribution in [2.24, 2.45) is 0 Å². The molecule has 0 N–H and O–H groups in total. The maximum atomic E-state index is 3.84. The van der Waals surface area contributed by atoms with Gasteiger partial charge < -0.3 is 4.90 Å². The minimum atomic E-state index is 0.731. The topological polar surface area (TPSA) is 3.24 Å².